The van der Waals surface area contributed by atoms with Crippen molar-refractivity contribution in [2.45, 2.75) is 12.6 Å². The van der Waals surface area contributed by atoms with Crippen molar-refractivity contribution in [1.29, 1.82) is 0 Å². The molecule has 0 radical (unpaired) electrons. The summed E-state index contributed by atoms with van der Waals surface area (Å²) in [4.78, 5) is 13.9. The van der Waals surface area contributed by atoms with Crippen molar-refractivity contribution in [3.8, 4) is 11.5 Å². The number of fused-ring (bicyclic) bond motifs is 1. The third kappa shape index (κ3) is 4.21. The molecule has 0 saturated heterocycles. The molecule has 5 nitrogen and oxygen atoms in total. The first-order valence-corrected chi connectivity index (χ1v) is 10.1. The summed E-state index contributed by atoms with van der Waals surface area (Å²) in [5, 5.41) is 17.1. The van der Waals surface area contributed by atoms with Gasteiger partial charge >= 0.3 is 0 Å². The molecule has 1 amide bonds. The predicted octanol–water partition coefficient (Wildman–Crippen LogP) is 3.95. The normalized spacial score (nSPS) is 13.8. The fraction of sp³-hybridized carbons (Fsp3) is 0.150. The van der Waals surface area contributed by atoms with Crippen molar-refractivity contribution >= 4 is 34.7 Å². The SMILES string of the molecule is O=C(/C=C/c1ccc2c(c1)OCO2)NCc1ccc([C@@H](O)c2ccsc2)s1. The highest BCUT2D eigenvalue weighted by Crippen LogP contribution is 2.33. The zero-order valence-electron chi connectivity index (χ0n) is 14.3. The number of hydrogen-bond acceptors (Lipinski definition) is 6. The lowest BCUT2D eigenvalue weighted by molar-refractivity contribution is -0.116. The molecule has 0 aliphatic carbocycles. The van der Waals surface area contributed by atoms with Gasteiger partial charge in [-0.15, -0.1) is 11.3 Å². The highest BCUT2D eigenvalue weighted by molar-refractivity contribution is 7.12. The monoisotopic (exact) mass is 399 g/mol. The molecule has 0 bridgehead atoms. The second kappa shape index (κ2) is 7.96. The number of thiophene rings is 2. The Bertz CT molecular complexity index is 962. The van der Waals surface area contributed by atoms with Gasteiger partial charge in [-0.3, -0.25) is 4.79 Å². The van der Waals surface area contributed by atoms with Crippen LogP contribution in [-0.4, -0.2) is 17.8 Å². The topological polar surface area (TPSA) is 67.8 Å². The molecule has 0 spiro atoms. The lowest BCUT2D eigenvalue weighted by Gasteiger charge is -2.05. The first kappa shape index (κ1) is 17.8. The number of amides is 1. The van der Waals surface area contributed by atoms with Gasteiger partial charge in [0, 0.05) is 15.8 Å². The average Bonchev–Trinajstić information content (AvgIpc) is 3.45. The second-order valence-electron chi connectivity index (χ2n) is 5.93. The van der Waals surface area contributed by atoms with Gasteiger partial charge < -0.3 is 19.9 Å². The van der Waals surface area contributed by atoms with E-state index in [0.717, 1.165) is 26.6 Å². The second-order valence-corrected chi connectivity index (χ2v) is 7.91. The van der Waals surface area contributed by atoms with Gasteiger partial charge in [-0.25, -0.2) is 0 Å². The summed E-state index contributed by atoms with van der Waals surface area (Å²) in [7, 11) is 0. The van der Waals surface area contributed by atoms with Gasteiger partial charge in [-0.1, -0.05) is 6.07 Å². The van der Waals surface area contributed by atoms with Gasteiger partial charge in [0.15, 0.2) is 11.5 Å². The molecule has 0 fully saturated rings. The Morgan fingerprint density at radius 3 is 2.96 bits per heavy atom. The minimum Gasteiger partial charge on any atom is -0.454 e. The molecule has 3 aromatic rings. The molecule has 0 unspecified atom stereocenters. The highest BCUT2D eigenvalue weighted by atomic mass is 32.1. The molecule has 1 aliphatic heterocycles. The van der Waals surface area contributed by atoms with Crippen molar-refractivity contribution in [3.05, 3.63) is 74.1 Å². The fourth-order valence-electron chi connectivity index (χ4n) is 2.65. The maximum absolute atomic E-state index is 12.1. The number of carbonyl (C=O) groups excluding carboxylic acids is 1. The number of rotatable bonds is 6. The Morgan fingerprint density at radius 2 is 2.11 bits per heavy atom. The largest absolute Gasteiger partial charge is 0.454 e. The number of benzene rings is 1. The molecule has 2 aromatic heterocycles. The molecule has 0 saturated carbocycles. The summed E-state index contributed by atoms with van der Waals surface area (Å²) in [5.41, 5.74) is 1.76. The smallest absolute Gasteiger partial charge is 0.244 e. The van der Waals surface area contributed by atoms with Crippen LogP contribution in [0, 0.1) is 0 Å². The maximum Gasteiger partial charge on any atom is 0.244 e. The van der Waals surface area contributed by atoms with Crippen molar-refractivity contribution in [1.82, 2.24) is 5.32 Å². The molecule has 1 atom stereocenters. The molecule has 3 heterocycles. The molecule has 4 rings (SSSR count). The standard InChI is InChI=1S/C20H17NO4S2/c22-19(6-2-13-1-4-16-17(9-13)25-12-24-16)21-10-15-3-5-18(27-15)20(23)14-7-8-26-11-14/h1-9,11,20,23H,10,12H2,(H,21,22)/b6-2+/t20-/m0/s1. The number of nitrogens with one attached hydrogen (secondary N) is 1. The third-order valence-electron chi connectivity index (χ3n) is 4.07. The molecule has 27 heavy (non-hydrogen) atoms. The van der Waals surface area contributed by atoms with Gasteiger partial charge in [0.05, 0.1) is 6.54 Å². The number of hydrogen-bond donors (Lipinski definition) is 2. The number of carbonyl (C=O) groups is 1. The van der Waals surface area contributed by atoms with E-state index >= 15 is 0 Å². The van der Waals surface area contributed by atoms with Crippen LogP contribution in [0.5, 0.6) is 11.5 Å². The average molecular weight is 399 g/mol. The molecule has 7 heteroatoms. The fourth-order valence-corrected chi connectivity index (χ4v) is 4.30. The first-order valence-electron chi connectivity index (χ1n) is 8.33. The van der Waals surface area contributed by atoms with Gasteiger partial charge in [0.25, 0.3) is 0 Å². The van der Waals surface area contributed by atoms with Gasteiger partial charge in [0.1, 0.15) is 6.10 Å². The van der Waals surface area contributed by atoms with Crippen molar-refractivity contribution in [2.75, 3.05) is 6.79 Å². The van der Waals surface area contributed by atoms with E-state index in [1.165, 1.54) is 17.4 Å². The Kier molecular flexibility index (Phi) is 5.24. The summed E-state index contributed by atoms with van der Waals surface area (Å²) in [6, 6.07) is 11.3. The zero-order valence-corrected chi connectivity index (χ0v) is 15.9. The summed E-state index contributed by atoms with van der Waals surface area (Å²) in [6.45, 7) is 0.651. The summed E-state index contributed by atoms with van der Waals surface area (Å²) in [5.74, 6) is 1.23. The van der Waals surface area contributed by atoms with E-state index in [4.69, 9.17) is 9.47 Å². The van der Waals surface area contributed by atoms with Crippen LogP contribution < -0.4 is 14.8 Å². The van der Waals surface area contributed by atoms with Crippen molar-refractivity contribution in [2.24, 2.45) is 0 Å². The molecule has 2 N–H and O–H groups in total. The first-order chi connectivity index (χ1) is 13.2. The van der Waals surface area contributed by atoms with Crippen LogP contribution in [-0.2, 0) is 11.3 Å². The highest BCUT2D eigenvalue weighted by Gasteiger charge is 2.14. The Balaban J connectivity index is 1.32. The minimum absolute atomic E-state index is 0.180. The third-order valence-corrected chi connectivity index (χ3v) is 5.91. The van der Waals surface area contributed by atoms with Gasteiger partial charge in [0.2, 0.25) is 12.7 Å². The van der Waals surface area contributed by atoms with Crippen LogP contribution in [0.25, 0.3) is 6.08 Å². The lowest BCUT2D eigenvalue weighted by Crippen LogP contribution is -2.19. The van der Waals surface area contributed by atoms with Crippen molar-refractivity contribution < 1.29 is 19.4 Å². The summed E-state index contributed by atoms with van der Waals surface area (Å²) in [6.07, 6.45) is 2.61. The van der Waals surface area contributed by atoms with Crippen LogP contribution in [0.4, 0.5) is 0 Å². The number of ether oxygens (including phenoxy) is 2. The van der Waals surface area contributed by atoms with Gasteiger partial charge in [-0.05, 0) is 58.3 Å². The Hall–Kier alpha value is -2.61. The van der Waals surface area contributed by atoms with Crippen LogP contribution in [0.2, 0.25) is 0 Å². The van der Waals surface area contributed by atoms with E-state index in [1.54, 1.807) is 17.4 Å². The molecular formula is C20H17NO4S2. The summed E-state index contributed by atoms with van der Waals surface area (Å²) < 4.78 is 10.6. The van der Waals surface area contributed by atoms with Crippen LogP contribution >= 0.6 is 22.7 Å². The minimum atomic E-state index is -0.614. The van der Waals surface area contributed by atoms with E-state index in [2.05, 4.69) is 5.32 Å². The maximum atomic E-state index is 12.1. The van der Waals surface area contributed by atoms with E-state index in [0.29, 0.717) is 12.3 Å². The quantitative estimate of drug-likeness (QED) is 0.616. The summed E-state index contributed by atoms with van der Waals surface area (Å²) >= 11 is 3.05. The molecular weight excluding hydrogens is 382 g/mol. The van der Waals surface area contributed by atoms with Crippen LogP contribution in [0.1, 0.15) is 27.0 Å². The number of aliphatic hydroxyl groups excluding tert-OH is 1. The molecule has 1 aliphatic rings. The zero-order chi connectivity index (χ0) is 18.6. The van der Waals surface area contributed by atoms with Gasteiger partial charge in [-0.2, -0.15) is 11.3 Å². The van der Waals surface area contributed by atoms with Crippen molar-refractivity contribution in [3.63, 3.8) is 0 Å². The van der Waals surface area contributed by atoms with E-state index in [1.807, 2.05) is 47.2 Å². The molecule has 1 aromatic carbocycles. The molecule has 138 valence electrons. The Labute approximate surface area is 164 Å². The van der Waals surface area contributed by atoms with E-state index in [9.17, 15) is 9.90 Å². The van der Waals surface area contributed by atoms with E-state index in [-0.39, 0.29) is 12.7 Å². The predicted molar refractivity (Wildman–Crippen MR) is 106 cm³/mol. The van der Waals surface area contributed by atoms with Crippen LogP contribution in [0.3, 0.4) is 0 Å². The lowest BCUT2D eigenvalue weighted by atomic mass is 10.2. The Morgan fingerprint density at radius 1 is 1.22 bits per heavy atom. The number of aliphatic hydroxyl groups is 1. The van der Waals surface area contributed by atoms with E-state index < -0.39 is 6.10 Å². The van der Waals surface area contributed by atoms with Crippen LogP contribution in [0.15, 0.2) is 53.2 Å².